The van der Waals surface area contributed by atoms with Crippen molar-refractivity contribution in [3.8, 4) is 0 Å². The topological polar surface area (TPSA) is 61.4 Å². The zero-order chi connectivity index (χ0) is 25.3. The number of nitrogens with zero attached hydrogens (tertiary/aromatic N) is 6. The van der Waals surface area contributed by atoms with Crippen molar-refractivity contribution < 1.29 is 0 Å². The molecule has 0 fully saturated rings. The van der Waals surface area contributed by atoms with E-state index in [1.165, 1.54) is 62.8 Å². The third-order valence-electron chi connectivity index (χ3n) is 6.04. The summed E-state index contributed by atoms with van der Waals surface area (Å²) < 4.78 is 4.16. The molecule has 2 rings (SSSR count). The Labute approximate surface area is 210 Å². The van der Waals surface area contributed by atoms with E-state index in [1.807, 2.05) is 12.4 Å². The first-order valence-electron chi connectivity index (χ1n) is 13.9. The number of aryl methyl sites for hydroxylation is 3. The standard InChI is InChI=1S/2C14H27N3/c1-12(2)7-5-6-10-17-14(11-15-16-17)9-8-13(3)4;1-12(2)8-6-5-7-9-17-14(10-13(3)4)11-15-16-17/h2*11-13H,5-10H2,1-4H3. The van der Waals surface area contributed by atoms with Gasteiger partial charge in [-0.25, -0.2) is 9.36 Å². The van der Waals surface area contributed by atoms with Crippen LogP contribution in [-0.4, -0.2) is 30.0 Å². The van der Waals surface area contributed by atoms with Gasteiger partial charge in [-0.3, -0.25) is 0 Å². The maximum absolute atomic E-state index is 4.18. The lowest BCUT2D eigenvalue weighted by Gasteiger charge is -2.08. The van der Waals surface area contributed by atoms with Gasteiger partial charge in [0.25, 0.3) is 0 Å². The fourth-order valence-corrected chi connectivity index (χ4v) is 3.95. The minimum Gasteiger partial charge on any atom is -0.249 e. The third-order valence-corrected chi connectivity index (χ3v) is 6.04. The smallest absolute Gasteiger partial charge is 0.0725 e. The first kappa shape index (κ1) is 30.3. The Hall–Kier alpha value is -1.72. The van der Waals surface area contributed by atoms with Crippen molar-refractivity contribution in [2.75, 3.05) is 0 Å². The monoisotopic (exact) mass is 474 g/mol. The summed E-state index contributed by atoms with van der Waals surface area (Å²) >= 11 is 0. The number of hydrogen-bond acceptors (Lipinski definition) is 4. The van der Waals surface area contributed by atoms with Gasteiger partial charge in [0.2, 0.25) is 0 Å². The molecule has 0 amide bonds. The van der Waals surface area contributed by atoms with Gasteiger partial charge in [-0.15, -0.1) is 10.2 Å². The molecule has 0 aliphatic carbocycles. The Morgan fingerprint density at radius 2 is 1.03 bits per heavy atom. The van der Waals surface area contributed by atoms with Crippen molar-refractivity contribution in [3.63, 3.8) is 0 Å². The summed E-state index contributed by atoms with van der Waals surface area (Å²) in [5, 5.41) is 16.4. The number of unbranched alkanes of at least 4 members (excludes halogenated alkanes) is 3. The molecule has 0 saturated heterocycles. The van der Waals surface area contributed by atoms with Crippen LogP contribution in [0.2, 0.25) is 0 Å². The molecule has 0 spiro atoms. The van der Waals surface area contributed by atoms with E-state index >= 15 is 0 Å². The Bertz CT molecular complexity index is 729. The second-order valence-corrected chi connectivity index (χ2v) is 11.6. The lowest BCUT2D eigenvalue weighted by atomic mass is 10.1. The molecule has 0 unspecified atom stereocenters. The van der Waals surface area contributed by atoms with Crippen LogP contribution < -0.4 is 0 Å². The minimum absolute atomic E-state index is 0.674. The van der Waals surface area contributed by atoms with Crippen molar-refractivity contribution in [1.82, 2.24) is 30.0 Å². The summed E-state index contributed by atoms with van der Waals surface area (Å²) in [4.78, 5) is 0. The van der Waals surface area contributed by atoms with Gasteiger partial charge in [-0.05, 0) is 55.8 Å². The molecule has 0 bridgehead atoms. The van der Waals surface area contributed by atoms with Gasteiger partial charge < -0.3 is 0 Å². The second kappa shape index (κ2) is 17.7. The molecule has 2 heterocycles. The van der Waals surface area contributed by atoms with E-state index in [-0.39, 0.29) is 0 Å². The van der Waals surface area contributed by atoms with Gasteiger partial charge in [0.15, 0.2) is 0 Å². The van der Waals surface area contributed by atoms with Crippen molar-refractivity contribution >= 4 is 0 Å². The van der Waals surface area contributed by atoms with Crippen LogP contribution in [0.1, 0.15) is 118 Å². The summed E-state index contributed by atoms with van der Waals surface area (Å²) in [6.07, 6.45) is 16.3. The van der Waals surface area contributed by atoms with Crippen molar-refractivity contribution in [3.05, 3.63) is 23.8 Å². The summed E-state index contributed by atoms with van der Waals surface area (Å²) in [7, 11) is 0. The average molecular weight is 475 g/mol. The molecule has 0 atom stereocenters. The van der Waals surface area contributed by atoms with Crippen LogP contribution in [-0.2, 0) is 25.9 Å². The van der Waals surface area contributed by atoms with Gasteiger partial charge >= 0.3 is 0 Å². The van der Waals surface area contributed by atoms with E-state index in [9.17, 15) is 0 Å². The van der Waals surface area contributed by atoms with Gasteiger partial charge in [0, 0.05) is 13.1 Å². The SMILES string of the molecule is CC(C)CCCCCn1nncc1CC(C)C.CC(C)CCCCn1nncc1CCC(C)C. The minimum atomic E-state index is 0.674. The van der Waals surface area contributed by atoms with E-state index in [0.29, 0.717) is 5.92 Å². The number of rotatable bonds is 16. The lowest BCUT2D eigenvalue weighted by Crippen LogP contribution is -2.07. The van der Waals surface area contributed by atoms with Crippen LogP contribution >= 0.6 is 0 Å². The second-order valence-electron chi connectivity index (χ2n) is 11.6. The third kappa shape index (κ3) is 14.5. The molecule has 0 N–H and O–H groups in total. The van der Waals surface area contributed by atoms with Crippen molar-refractivity contribution in [1.29, 1.82) is 0 Å². The van der Waals surface area contributed by atoms with Crippen LogP contribution in [0, 0.1) is 23.7 Å². The van der Waals surface area contributed by atoms with Crippen LogP contribution in [0.4, 0.5) is 0 Å². The van der Waals surface area contributed by atoms with E-state index < -0.39 is 0 Å². The molecule has 2 aromatic rings. The van der Waals surface area contributed by atoms with Gasteiger partial charge in [0.1, 0.15) is 0 Å². The van der Waals surface area contributed by atoms with Crippen molar-refractivity contribution in [2.24, 2.45) is 23.7 Å². The largest absolute Gasteiger partial charge is 0.249 e. The first-order valence-corrected chi connectivity index (χ1v) is 13.9. The molecule has 34 heavy (non-hydrogen) atoms. The Morgan fingerprint density at radius 3 is 1.56 bits per heavy atom. The highest BCUT2D eigenvalue weighted by Gasteiger charge is 2.06. The van der Waals surface area contributed by atoms with E-state index in [0.717, 1.165) is 43.7 Å². The van der Waals surface area contributed by atoms with Crippen LogP contribution in [0.5, 0.6) is 0 Å². The molecule has 0 aromatic carbocycles. The Morgan fingerprint density at radius 1 is 0.559 bits per heavy atom. The molecule has 6 nitrogen and oxygen atoms in total. The van der Waals surface area contributed by atoms with Gasteiger partial charge in [0.05, 0.1) is 23.8 Å². The Balaban J connectivity index is 0.000000340. The number of aromatic nitrogens is 6. The highest BCUT2D eigenvalue weighted by Crippen LogP contribution is 2.12. The predicted octanol–water partition coefficient (Wildman–Crippen LogP) is 7.39. The van der Waals surface area contributed by atoms with Gasteiger partial charge in [-0.1, -0.05) is 97.9 Å². The molecule has 2 aromatic heterocycles. The number of hydrogen-bond donors (Lipinski definition) is 0. The molecule has 6 heteroatoms. The van der Waals surface area contributed by atoms with E-state index in [2.05, 4.69) is 85.4 Å². The molecule has 0 aliphatic rings. The molecular formula is C28H54N6. The highest BCUT2D eigenvalue weighted by molar-refractivity contribution is 4.95. The van der Waals surface area contributed by atoms with Gasteiger partial charge in [-0.2, -0.15) is 0 Å². The quantitative estimate of drug-likeness (QED) is 0.238. The average Bonchev–Trinajstić information content (AvgIpc) is 3.38. The summed E-state index contributed by atoms with van der Waals surface area (Å²) in [6.45, 7) is 20.2. The molecule has 196 valence electrons. The zero-order valence-electron chi connectivity index (χ0n) is 23.6. The molecule has 0 radical (unpaired) electrons. The van der Waals surface area contributed by atoms with Crippen LogP contribution in [0.15, 0.2) is 12.4 Å². The maximum Gasteiger partial charge on any atom is 0.0725 e. The van der Waals surface area contributed by atoms with E-state index in [1.54, 1.807) is 0 Å². The zero-order valence-corrected chi connectivity index (χ0v) is 23.6. The molecular weight excluding hydrogens is 420 g/mol. The fourth-order valence-electron chi connectivity index (χ4n) is 3.95. The maximum atomic E-state index is 4.18. The first-order chi connectivity index (χ1) is 16.2. The van der Waals surface area contributed by atoms with Crippen molar-refractivity contribution in [2.45, 2.75) is 133 Å². The summed E-state index contributed by atoms with van der Waals surface area (Å²) in [5.74, 6) is 3.07. The molecule has 0 saturated carbocycles. The van der Waals surface area contributed by atoms with E-state index in [4.69, 9.17) is 0 Å². The fraction of sp³-hybridized carbons (Fsp3) is 0.857. The summed E-state index contributed by atoms with van der Waals surface area (Å²) in [5.41, 5.74) is 2.58. The highest BCUT2D eigenvalue weighted by atomic mass is 15.4. The van der Waals surface area contributed by atoms with Crippen LogP contribution in [0.3, 0.4) is 0 Å². The normalized spacial score (nSPS) is 11.6. The molecule has 0 aliphatic heterocycles. The van der Waals surface area contributed by atoms with Crippen LogP contribution in [0.25, 0.3) is 0 Å². The lowest BCUT2D eigenvalue weighted by molar-refractivity contribution is 0.470. The predicted molar refractivity (Wildman–Crippen MR) is 144 cm³/mol. The summed E-state index contributed by atoms with van der Waals surface area (Å²) in [6, 6.07) is 0. The Kier molecular flexibility index (Phi) is 15.8.